The second-order valence-corrected chi connectivity index (χ2v) is 5.73. The van der Waals surface area contributed by atoms with Gasteiger partial charge in [0.15, 0.2) is 0 Å². The lowest BCUT2D eigenvalue weighted by Gasteiger charge is -2.05. The molecule has 0 radical (unpaired) electrons. The Labute approximate surface area is 128 Å². The Morgan fingerprint density at radius 1 is 1.14 bits per heavy atom. The van der Waals surface area contributed by atoms with Crippen molar-refractivity contribution in [3.63, 3.8) is 0 Å². The third-order valence-corrected chi connectivity index (χ3v) is 4.12. The monoisotopic (exact) mass is 295 g/mol. The second-order valence-electron chi connectivity index (χ2n) is 4.87. The van der Waals surface area contributed by atoms with E-state index in [-0.39, 0.29) is 0 Å². The zero-order valence-electron chi connectivity index (χ0n) is 11.9. The molecule has 0 amide bonds. The average Bonchev–Trinajstić information content (AvgIpc) is 2.97. The predicted octanol–water partition coefficient (Wildman–Crippen LogP) is 4.17. The van der Waals surface area contributed by atoms with Gasteiger partial charge in [-0.15, -0.1) is 11.3 Å². The van der Waals surface area contributed by atoms with Gasteiger partial charge in [-0.3, -0.25) is 4.98 Å². The molecule has 106 valence electrons. The Morgan fingerprint density at radius 2 is 2.00 bits per heavy atom. The molecule has 1 aromatic carbocycles. The van der Waals surface area contributed by atoms with E-state index in [1.54, 1.807) is 11.3 Å². The van der Waals surface area contributed by atoms with Crippen LogP contribution in [0, 0.1) is 6.92 Å². The first-order valence-electron chi connectivity index (χ1n) is 6.97. The maximum Gasteiger partial charge on any atom is 0.123 e. The van der Waals surface area contributed by atoms with Crippen molar-refractivity contribution in [2.75, 3.05) is 11.9 Å². The van der Waals surface area contributed by atoms with Crippen LogP contribution in [0.2, 0.25) is 0 Å². The Bertz CT molecular complexity index is 707. The van der Waals surface area contributed by atoms with Crippen LogP contribution in [0.3, 0.4) is 0 Å². The van der Waals surface area contributed by atoms with Crippen molar-refractivity contribution in [1.29, 1.82) is 0 Å². The number of anilines is 1. The molecule has 21 heavy (non-hydrogen) atoms. The molecule has 0 fully saturated rings. The summed E-state index contributed by atoms with van der Waals surface area (Å²) >= 11 is 1.70. The topological polar surface area (TPSA) is 37.8 Å². The lowest BCUT2D eigenvalue weighted by Crippen LogP contribution is -2.05. The Kier molecular flexibility index (Phi) is 4.26. The number of nitrogens with zero attached hydrogens (tertiary/aromatic N) is 2. The molecule has 0 bridgehead atoms. The number of thiazole rings is 1. The highest BCUT2D eigenvalue weighted by Crippen LogP contribution is 2.23. The van der Waals surface area contributed by atoms with E-state index >= 15 is 0 Å². The molecule has 3 rings (SSSR count). The number of nitrogens with one attached hydrogen (secondary N) is 1. The van der Waals surface area contributed by atoms with Gasteiger partial charge in [0.2, 0.25) is 0 Å². The minimum absolute atomic E-state index is 0.876. The molecule has 0 saturated heterocycles. The Morgan fingerprint density at radius 3 is 2.81 bits per heavy atom. The predicted molar refractivity (Wildman–Crippen MR) is 88.7 cm³/mol. The molecule has 3 nitrogen and oxygen atoms in total. The van der Waals surface area contributed by atoms with Gasteiger partial charge in [-0.1, -0.05) is 30.3 Å². The minimum atomic E-state index is 0.876. The van der Waals surface area contributed by atoms with Crippen LogP contribution < -0.4 is 5.32 Å². The lowest BCUT2D eigenvalue weighted by molar-refractivity contribution is 0.977. The largest absolute Gasteiger partial charge is 0.385 e. The molecule has 4 heteroatoms. The van der Waals surface area contributed by atoms with Crippen molar-refractivity contribution in [2.24, 2.45) is 0 Å². The summed E-state index contributed by atoms with van der Waals surface area (Å²) in [6, 6.07) is 14.4. The highest BCUT2D eigenvalue weighted by Gasteiger charge is 2.04. The first-order chi connectivity index (χ1) is 10.3. The first kappa shape index (κ1) is 13.8. The SMILES string of the molecule is Cc1cc(NCCc2csc(-c3ccccc3)n2)ccn1. The number of hydrogen-bond acceptors (Lipinski definition) is 4. The van der Waals surface area contributed by atoms with Crippen LogP contribution in [-0.4, -0.2) is 16.5 Å². The molecular weight excluding hydrogens is 278 g/mol. The van der Waals surface area contributed by atoms with E-state index in [0.717, 1.165) is 35.0 Å². The van der Waals surface area contributed by atoms with Gasteiger partial charge in [0.1, 0.15) is 5.01 Å². The molecule has 0 aliphatic rings. The molecular formula is C17H17N3S. The molecule has 0 unspecified atom stereocenters. The van der Waals surface area contributed by atoms with Crippen LogP contribution in [0.4, 0.5) is 5.69 Å². The molecule has 0 atom stereocenters. The summed E-state index contributed by atoms with van der Waals surface area (Å²) in [6.45, 7) is 2.87. The molecule has 0 aliphatic heterocycles. The van der Waals surface area contributed by atoms with Crippen molar-refractivity contribution >= 4 is 17.0 Å². The van der Waals surface area contributed by atoms with Gasteiger partial charge in [-0.05, 0) is 19.1 Å². The van der Waals surface area contributed by atoms with Crippen LogP contribution in [-0.2, 0) is 6.42 Å². The summed E-state index contributed by atoms with van der Waals surface area (Å²) in [4.78, 5) is 8.89. The lowest BCUT2D eigenvalue weighted by atomic mass is 10.2. The normalized spacial score (nSPS) is 10.5. The smallest absolute Gasteiger partial charge is 0.123 e. The molecule has 0 saturated carbocycles. The Balaban J connectivity index is 1.58. The van der Waals surface area contributed by atoms with Gasteiger partial charge in [-0.2, -0.15) is 0 Å². The molecule has 0 spiro atoms. The van der Waals surface area contributed by atoms with E-state index in [2.05, 4.69) is 33.9 Å². The summed E-state index contributed by atoms with van der Waals surface area (Å²) in [7, 11) is 0. The molecule has 0 aliphatic carbocycles. The van der Waals surface area contributed by atoms with E-state index in [9.17, 15) is 0 Å². The van der Waals surface area contributed by atoms with Crippen LogP contribution >= 0.6 is 11.3 Å². The highest BCUT2D eigenvalue weighted by molar-refractivity contribution is 7.13. The minimum Gasteiger partial charge on any atom is -0.385 e. The fourth-order valence-corrected chi connectivity index (χ4v) is 2.99. The van der Waals surface area contributed by atoms with Gasteiger partial charge in [-0.25, -0.2) is 4.98 Å². The Hall–Kier alpha value is -2.20. The van der Waals surface area contributed by atoms with Crippen molar-refractivity contribution in [1.82, 2.24) is 9.97 Å². The maximum atomic E-state index is 4.70. The number of rotatable bonds is 5. The quantitative estimate of drug-likeness (QED) is 0.767. The summed E-state index contributed by atoms with van der Waals surface area (Å²) in [5.74, 6) is 0. The number of aromatic nitrogens is 2. The van der Waals surface area contributed by atoms with Crippen LogP contribution in [0.5, 0.6) is 0 Å². The van der Waals surface area contributed by atoms with Crippen LogP contribution in [0.15, 0.2) is 54.0 Å². The van der Waals surface area contributed by atoms with Crippen molar-refractivity contribution in [3.8, 4) is 10.6 Å². The van der Waals surface area contributed by atoms with E-state index in [4.69, 9.17) is 4.98 Å². The third-order valence-electron chi connectivity index (χ3n) is 3.18. The maximum absolute atomic E-state index is 4.70. The molecule has 1 N–H and O–H groups in total. The summed E-state index contributed by atoms with van der Waals surface area (Å²) < 4.78 is 0. The van der Waals surface area contributed by atoms with Gasteiger partial charge in [0.25, 0.3) is 0 Å². The van der Waals surface area contributed by atoms with Gasteiger partial charge in [0, 0.05) is 41.5 Å². The van der Waals surface area contributed by atoms with Crippen molar-refractivity contribution in [2.45, 2.75) is 13.3 Å². The third kappa shape index (κ3) is 3.67. The number of pyridine rings is 1. The molecule has 2 aromatic heterocycles. The van der Waals surface area contributed by atoms with Gasteiger partial charge in [0.05, 0.1) is 5.69 Å². The highest BCUT2D eigenvalue weighted by atomic mass is 32.1. The summed E-state index contributed by atoms with van der Waals surface area (Å²) in [6.07, 6.45) is 2.75. The van der Waals surface area contributed by atoms with E-state index < -0.39 is 0 Å². The number of hydrogen-bond donors (Lipinski definition) is 1. The van der Waals surface area contributed by atoms with E-state index in [1.807, 2.05) is 37.4 Å². The van der Waals surface area contributed by atoms with Crippen molar-refractivity contribution in [3.05, 3.63) is 65.4 Å². The van der Waals surface area contributed by atoms with Gasteiger partial charge < -0.3 is 5.32 Å². The number of benzene rings is 1. The average molecular weight is 295 g/mol. The standard InChI is InChI=1S/C17H17N3S/c1-13-11-15(7-9-18-13)19-10-8-16-12-21-17(20-16)14-5-3-2-4-6-14/h2-7,9,11-12H,8,10H2,1H3,(H,18,19). The molecule has 2 heterocycles. The first-order valence-corrected chi connectivity index (χ1v) is 7.85. The van der Waals surface area contributed by atoms with E-state index in [1.165, 1.54) is 5.56 Å². The van der Waals surface area contributed by atoms with E-state index in [0.29, 0.717) is 0 Å². The second kappa shape index (κ2) is 6.50. The van der Waals surface area contributed by atoms with Gasteiger partial charge >= 0.3 is 0 Å². The summed E-state index contributed by atoms with van der Waals surface area (Å²) in [5.41, 5.74) is 4.46. The number of aryl methyl sites for hydroxylation is 1. The summed E-state index contributed by atoms with van der Waals surface area (Å²) in [5, 5.41) is 6.64. The van der Waals surface area contributed by atoms with Crippen molar-refractivity contribution < 1.29 is 0 Å². The fourth-order valence-electron chi connectivity index (χ4n) is 2.13. The van der Waals surface area contributed by atoms with Crippen LogP contribution in [0.25, 0.3) is 10.6 Å². The van der Waals surface area contributed by atoms with Crippen LogP contribution in [0.1, 0.15) is 11.4 Å². The zero-order chi connectivity index (χ0) is 14.5. The fraction of sp³-hybridized carbons (Fsp3) is 0.176. The molecule has 3 aromatic rings. The zero-order valence-corrected chi connectivity index (χ0v) is 12.7.